The Morgan fingerprint density at radius 1 is 0.862 bits per heavy atom. The van der Waals surface area contributed by atoms with Crippen LogP contribution in [0.1, 0.15) is 10.4 Å². The normalized spacial score (nSPS) is 10.9. The fourth-order valence-electron chi connectivity index (χ4n) is 2.68. The second kappa shape index (κ2) is 8.11. The van der Waals surface area contributed by atoms with Crippen LogP contribution in [0, 0.1) is 10.1 Å². The van der Waals surface area contributed by atoms with Gasteiger partial charge in [0.05, 0.1) is 22.5 Å². The van der Waals surface area contributed by atoms with Crippen molar-refractivity contribution in [3.63, 3.8) is 0 Å². The van der Waals surface area contributed by atoms with Crippen molar-refractivity contribution in [2.45, 2.75) is 9.79 Å². The second-order valence-electron chi connectivity index (χ2n) is 5.76. The summed E-state index contributed by atoms with van der Waals surface area (Å²) in [6, 6.07) is 16.7. The number of carbonyl (C=O) groups excluding carboxylic acids is 1. The average molecular weight is 413 g/mol. The number of rotatable bonds is 6. The van der Waals surface area contributed by atoms with Gasteiger partial charge in [0, 0.05) is 6.07 Å². The van der Waals surface area contributed by atoms with Crippen LogP contribution in [-0.4, -0.2) is 26.4 Å². The van der Waals surface area contributed by atoms with Gasteiger partial charge in [-0.3, -0.25) is 10.1 Å². The number of nitrogens with zero attached hydrogens (tertiary/aromatic N) is 1. The van der Waals surface area contributed by atoms with Crippen LogP contribution in [-0.2, 0) is 9.84 Å². The minimum atomic E-state index is -4.37. The summed E-state index contributed by atoms with van der Waals surface area (Å²) in [4.78, 5) is 22.3. The summed E-state index contributed by atoms with van der Waals surface area (Å²) in [5, 5.41) is 11.3. The molecule has 8 nitrogen and oxygen atoms in total. The molecule has 0 unspecified atom stereocenters. The second-order valence-corrected chi connectivity index (χ2v) is 7.65. The number of methoxy groups -OCH3 is 1. The molecule has 148 valence electrons. The van der Waals surface area contributed by atoms with Gasteiger partial charge in [0.25, 0.3) is 5.69 Å². The molecule has 0 heterocycles. The predicted molar refractivity (Wildman–Crippen MR) is 103 cm³/mol. The minimum Gasteiger partial charge on any atom is -0.493 e. The molecule has 0 fully saturated rings. The van der Waals surface area contributed by atoms with Crippen molar-refractivity contribution in [3.05, 3.63) is 88.5 Å². The highest BCUT2D eigenvalue weighted by Crippen LogP contribution is 2.32. The van der Waals surface area contributed by atoms with E-state index in [1.54, 1.807) is 18.2 Å². The summed E-state index contributed by atoms with van der Waals surface area (Å²) in [5.74, 6) is -0.537. The summed E-state index contributed by atoms with van der Waals surface area (Å²) in [6.45, 7) is 0. The lowest BCUT2D eigenvalue weighted by Crippen LogP contribution is -2.15. The summed E-state index contributed by atoms with van der Waals surface area (Å²) in [5.41, 5.74) is -0.836. The van der Waals surface area contributed by atoms with E-state index in [-0.39, 0.29) is 11.3 Å². The van der Waals surface area contributed by atoms with Gasteiger partial charge in [0.2, 0.25) is 9.84 Å². The topological polar surface area (TPSA) is 113 Å². The van der Waals surface area contributed by atoms with Crippen molar-refractivity contribution < 1.29 is 27.6 Å². The molecule has 0 radical (unpaired) electrons. The summed E-state index contributed by atoms with van der Waals surface area (Å²) in [6.07, 6.45) is 0. The number of nitro groups is 1. The molecule has 29 heavy (non-hydrogen) atoms. The van der Waals surface area contributed by atoms with Crippen molar-refractivity contribution in [2.24, 2.45) is 0 Å². The molecule has 0 aliphatic heterocycles. The number of hydrogen-bond donors (Lipinski definition) is 0. The third kappa shape index (κ3) is 3.94. The summed E-state index contributed by atoms with van der Waals surface area (Å²) >= 11 is 0. The van der Waals surface area contributed by atoms with Crippen LogP contribution >= 0.6 is 0 Å². The number of ether oxygens (including phenoxy) is 2. The maximum absolute atomic E-state index is 13.1. The molecule has 3 rings (SSSR count). The van der Waals surface area contributed by atoms with Crippen molar-refractivity contribution >= 4 is 21.5 Å². The first-order valence-corrected chi connectivity index (χ1v) is 9.77. The van der Waals surface area contributed by atoms with E-state index >= 15 is 0 Å². The van der Waals surface area contributed by atoms with Crippen LogP contribution in [0.5, 0.6) is 11.5 Å². The predicted octanol–water partition coefficient (Wildman–Crippen LogP) is 3.66. The lowest BCUT2D eigenvalue weighted by molar-refractivity contribution is -0.387. The molecule has 0 saturated carbocycles. The number of esters is 1. The van der Waals surface area contributed by atoms with Gasteiger partial charge in [-0.05, 0) is 30.3 Å². The number of sulfone groups is 1. The monoisotopic (exact) mass is 413 g/mol. The van der Waals surface area contributed by atoms with E-state index in [0.717, 1.165) is 12.1 Å². The molecule has 0 bridgehead atoms. The number of carbonyl (C=O) groups is 1. The molecule has 0 saturated heterocycles. The molecule has 3 aromatic rings. The maximum Gasteiger partial charge on any atom is 0.345 e. The Morgan fingerprint density at radius 2 is 1.41 bits per heavy atom. The van der Waals surface area contributed by atoms with E-state index in [2.05, 4.69) is 0 Å². The van der Waals surface area contributed by atoms with Crippen LogP contribution in [0.3, 0.4) is 0 Å². The van der Waals surface area contributed by atoms with E-state index in [4.69, 9.17) is 9.47 Å². The number of hydrogen-bond acceptors (Lipinski definition) is 7. The molecule has 0 atom stereocenters. The highest BCUT2D eigenvalue weighted by Gasteiger charge is 2.31. The van der Waals surface area contributed by atoms with Gasteiger partial charge in [-0.2, -0.15) is 0 Å². The third-order valence-electron chi connectivity index (χ3n) is 4.02. The minimum absolute atomic E-state index is 0.109. The zero-order chi connectivity index (χ0) is 21.0. The lowest BCUT2D eigenvalue weighted by atomic mass is 10.2. The largest absolute Gasteiger partial charge is 0.493 e. The van der Waals surface area contributed by atoms with Crippen LogP contribution in [0.25, 0.3) is 0 Å². The Kier molecular flexibility index (Phi) is 5.60. The van der Waals surface area contributed by atoms with Crippen LogP contribution < -0.4 is 9.47 Å². The van der Waals surface area contributed by atoms with Crippen molar-refractivity contribution in [1.82, 2.24) is 0 Å². The Labute approximate surface area is 166 Å². The molecular weight excluding hydrogens is 398 g/mol. The summed E-state index contributed by atoms with van der Waals surface area (Å²) < 4.78 is 36.7. The van der Waals surface area contributed by atoms with Crippen molar-refractivity contribution in [3.8, 4) is 11.5 Å². The van der Waals surface area contributed by atoms with E-state index in [1.165, 1.54) is 49.6 Å². The molecule has 9 heteroatoms. The molecular formula is C20H15NO7S. The van der Waals surface area contributed by atoms with Crippen LogP contribution in [0.4, 0.5) is 5.69 Å². The molecule has 0 aromatic heterocycles. The lowest BCUT2D eigenvalue weighted by Gasteiger charge is -2.12. The van der Waals surface area contributed by atoms with Gasteiger partial charge in [0.15, 0.2) is 11.5 Å². The zero-order valence-corrected chi connectivity index (χ0v) is 16.0. The number of benzene rings is 3. The van der Waals surface area contributed by atoms with Crippen molar-refractivity contribution in [2.75, 3.05) is 7.11 Å². The molecule has 0 N–H and O–H groups in total. The first-order valence-electron chi connectivity index (χ1n) is 8.29. The molecule has 0 spiro atoms. The van der Waals surface area contributed by atoms with Crippen molar-refractivity contribution in [1.29, 1.82) is 0 Å². The van der Waals surface area contributed by atoms with Crippen LogP contribution in [0.2, 0.25) is 0 Å². The third-order valence-corrected chi connectivity index (χ3v) is 5.88. The zero-order valence-electron chi connectivity index (χ0n) is 15.1. The smallest absolute Gasteiger partial charge is 0.345 e. The molecule has 0 aliphatic carbocycles. The molecule has 0 amide bonds. The fraction of sp³-hybridized carbons (Fsp3) is 0.0500. The van der Waals surface area contributed by atoms with E-state index in [9.17, 15) is 23.3 Å². The summed E-state index contributed by atoms with van der Waals surface area (Å²) in [7, 11) is -2.97. The van der Waals surface area contributed by atoms with E-state index in [1.807, 2.05) is 0 Å². The Morgan fingerprint density at radius 3 is 2.07 bits per heavy atom. The SMILES string of the molecule is COc1ccccc1OC(=O)c1ccccc1S(=O)(=O)c1ccccc1[N+](=O)[O-]. The van der Waals surface area contributed by atoms with Gasteiger partial charge < -0.3 is 9.47 Å². The first-order chi connectivity index (χ1) is 13.9. The van der Waals surface area contributed by atoms with Gasteiger partial charge in [-0.15, -0.1) is 0 Å². The molecule has 3 aromatic carbocycles. The Hall–Kier alpha value is -3.72. The number of nitro benzene ring substituents is 1. The standard InChI is InChI=1S/C20H15NO7S/c1-27-16-10-4-5-11-17(16)28-20(22)14-8-2-6-12-18(14)29(25,26)19-13-7-3-9-15(19)21(23)24/h2-13H,1H3. The fourth-order valence-corrected chi connectivity index (χ4v) is 4.29. The Balaban J connectivity index is 2.08. The first kappa shape index (κ1) is 20.0. The van der Waals surface area contributed by atoms with E-state index in [0.29, 0.717) is 5.75 Å². The quantitative estimate of drug-likeness (QED) is 0.262. The van der Waals surface area contributed by atoms with Gasteiger partial charge in [0.1, 0.15) is 4.90 Å². The highest BCUT2D eigenvalue weighted by atomic mass is 32.2. The number of para-hydroxylation sites is 3. The molecule has 0 aliphatic rings. The maximum atomic E-state index is 13.1. The van der Waals surface area contributed by atoms with Gasteiger partial charge >= 0.3 is 5.97 Å². The Bertz CT molecular complexity index is 1190. The highest BCUT2D eigenvalue weighted by molar-refractivity contribution is 7.91. The van der Waals surface area contributed by atoms with Gasteiger partial charge in [-0.1, -0.05) is 36.4 Å². The van der Waals surface area contributed by atoms with Crippen LogP contribution in [0.15, 0.2) is 82.6 Å². The average Bonchev–Trinajstić information content (AvgIpc) is 2.74. The van der Waals surface area contributed by atoms with Gasteiger partial charge in [-0.25, -0.2) is 13.2 Å². The van der Waals surface area contributed by atoms with E-state index < -0.39 is 36.2 Å².